The Morgan fingerprint density at radius 1 is 1.04 bits per heavy atom. The summed E-state index contributed by atoms with van der Waals surface area (Å²) < 4.78 is 5.49. The molecule has 4 heteroatoms. The molecule has 2 heterocycles. The second kappa shape index (κ2) is 6.73. The topological polar surface area (TPSA) is 53.7 Å². The molecule has 1 aromatic heterocycles. The van der Waals surface area contributed by atoms with Crippen LogP contribution in [0.5, 0.6) is 0 Å². The van der Waals surface area contributed by atoms with Crippen molar-refractivity contribution in [2.75, 3.05) is 13.1 Å². The van der Waals surface area contributed by atoms with Crippen LogP contribution in [-0.4, -0.2) is 29.0 Å². The molecule has 1 aliphatic rings. The molecule has 4 rings (SSSR count). The maximum atomic E-state index is 12.8. The number of amides is 1. The molecule has 1 amide bonds. The van der Waals surface area contributed by atoms with Gasteiger partial charge in [0.25, 0.3) is 5.91 Å². The molecule has 1 saturated heterocycles. The molecule has 3 aromatic rings. The molecule has 1 unspecified atom stereocenters. The monoisotopic (exact) mass is 335 g/mol. The number of hydrogen-bond acceptors (Lipinski definition) is 3. The van der Waals surface area contributed by atoms with Crippen LogP contribution >= 0.6 is 0 Å². The predicted octanol–water partition coefficient (Wildman–Crippen LogP) is 4.02. The quantitative estimate of drug-likeness (QED) is 0.786. The van der Waals surface area contributed by atoms with E-state index < -0.39 is 6.10 Å². The van der Waals surface area contributed by atoms with Crippen molar-refractivity contribution in [3.63, 3.8) is 0 Å². The molecule has 0 bridgehead atoms. The zero-order valence-corrected chi connectivity index (χ0v) is 14.0. The molecule has 0 spiro atoms. The molecule has 2 aromatic carbocycles. The van der Waals surface area contributed by atoms with Gasteiger partial charge in [-0.25, -0.2) is 0 Å². The lowest BCUT2D eigenvalue weighted by Crippen LogP contribution is -2.39. The van der Waals surface area contributed by atoms with E-state index in [4.69, 9.17) is 4.42 Å². The minimum atomic E-state index is -0.465. The fourth-order valence-corrected chi connectivity index (χ4v) is 3.65. The summed E-state index contributed by atoms with van der Waals surface area (Å²) in [6.07, 6.45) is 2.70. The Morgan fingerprint density at radius 3 is 2.48 bits per heavy atom. The van der Waals surface area contributed by atoms with Crippen molar-refractivity contribution in [3.05, 3.63) is 72.0 Å². The third-order valence-electron chi connectivity index (χ3n) is 5.13. The van der Waals surface area contributed by atoms with Crippen LogP contribution < -0.4 is 0 Å². The molecule has 128 valence electrons. The number of aliphatic hydroxyl groups excluding tert-OH is 1. The van der Waals surface area contributed by atoms with Crippen LogP contribution in [0, 0.1) is 5.92 Å². The van der Waals surface area contributed by atoms with Crippen molar-refractivity contribution in [1.82, 2.24) is 4.90 Å². The number of rotatable bonds is 3. The summed E-state index contributed by atoms with van der Waals surface area (Å²) in [7, 11) is 0. The maximum absolute atomic E-state index is 12.8. The van der Waals surface area contributed by atoms with Gasteiger partial charge < -0.3 is 14.4 Å². The average Bonchev–Trinajstić information content (AvgIpc) is 3.12. The minimum absolute atomic E-state index is 0.0117. The van der Waals surface area contributed by atoms with Crippen LogP contribution in [0.4, 0.5) is 0 Å². The second-order valence-electron chi connectivity index (χ2n) is 6.63. The highest BCUT2D eigenvalue weighted by Gasteiger charge is 2.29. The highest BCUT2D eigenvalue weighted by atomic mass is 16.3. The van der Waals surface area contributed by atoms with Gasteiger partial charge in [-0.05, 0) is 30.4 Å². The van der Waals surface area contributed by atoms with Gasteiger partial charge in [0.2, 0.25) is 0 Å². The first-order valence-corrected chi connectivity index (χ1v) is 8.72. The number of benzene rings is 2. The maximum Gasteiger partial charge on any atom is 0.257 e. The van der Waals surface area contributed by atoms with Gasteiger partial charge >= 0.3 is 0 Å². The highest BCUT2D eigenvalue weighted by molar-refractivity contribution is 6.05. The summed E-state index contributed by atoms with van der Waals surface area (Å²) >= 11 is 0. The van der Waals surface area contributed by atoms with Crippen LogP contribution in [0.25, 0.3) is 11.0 Å². The van der Waals surface area contributed by atoms with E-state index in [0.717, 1.165) is 29.4 Å². The molecule has 1 N–H and O–H groups in total. The van der Waals surface area contributed by atoms with Crippen LogP contribution in [0.15, 0.2) is 65.3 Å². The van der Waals surface area contributed by atoms with E-state index in [9.17, 15) is 9.90 Å². The first-order valence-electron chi connectivity index (χ1n) is 8.72. The summed E-state index contributed by atoms with van der Waals surface area (Å²) in [6, 6.07) is 17.4. The third kappa shape index (κ3) is 3.05. The van der Waals surface area contributed by atoms with Crippen molar-refractivity contribution in [3.8, 4) is 0 Å². The fraction of sp³-hybridized carbons (Fsp3) is 0.286. The van der Waals surface area contributed by atoms with Gasteiger partial charge in [0, 0.05) is 18.5 Å². The van der Waals surface area contributed by atoms with E-state index in [1.807, 2.05) is 59.5 Å². The fourth-order valence-electron chi connectivity index (χ4n) is 3.65. The molecule has 1 atom stereocenters. The zero-order chi connectivity index (χ0) is 17.2. The largest absolute Gasteiger partial charge is 0.463 e. The Morgan fingerprint density at radius 2 is 1.72 bits per heavy atom. The van der Waals surface area contributed by atoms with E-state index in [-0.39, 0.29) is 11.8 Å². The third-order valence-corrected chi connectivity index (χ3v) is 5.13. The van der Waals surface area contributed by atoms with Crippen molar-refractivity contribution >= 4 is 16.9 Å². The van der Waals surface area contributed by atoms with Gasteiger partial charge in [0.05, 0.1) is 11.7 Å². The zero-order valence-electron chi connectivity index (χ0n) is 14.0. The molecular weight excluding hydrogens is 314 g/mol. The van der Waals surface area contributed by atoms with Gasteiger partial charge in [-0.1, -0.05) is 48.5 Å². The van der Waals surface area contributed by atoms with Gasteiger partial charge in [-0.2, -0.15) is 0 Å². The first kappa shape index (κ1) is 15.9. The number of carbonyl (C=O) groups excluding carboxylic acids is 1. The van der Waals surface area contributed by atoms with Gasteiger partial charge in [-0.15, -0.1) is 0 Å². The minimum Gasteiger partial charge on any atom is -0.463 e. The average molecular weight is 335 g/mol. The van der Waals surface area contributed by atoms with E-state index >= 15 is 0 Å². The van der Waals surface area contributed by atoms with E-state index in [2.05, 4.69) is 0 Å². The smallest absolute Gasteiger partial charge is 0.257 e. The number of likely N-dealkylation sites (tertiary alicyclic amines) is 1. The normalized spacial score (nSPS) is 16.9. The Kier molecular flexibility index (Phi) is 4.28. The Bertz CT molecular complexity index is 863. The number of nitrogens with zero attached hydrogens (tertiary/aromatic N) is 1. The molecule has 0 saturated carbocycles. The second-order valence-corrected chi connectivity index (χ2v) is 6.63. The molecular formula is C21H21NO3. The summed E-state index contributed by atoms with van der Waals surface area (Å²) in [5, 5.41) is 11.4. The lowest BCUT2D eigenvalue weighted by Gasteiger charge is -2.34. The lowest BCUT2D eigenvalue weighted by atomic mass is 9.87. The summed E-state index contributed by atoms with van der Waals surface area (Å²) in [4.78, 5) is 14.7. The van der Waals surface area contributed by atoms with Crippen molar-refractivity contribution in [2.24, 2.45) is 5.92 Å². The number of fused-ring (bicyclic) bond motifs is 1. The van der Waals surface area contributed by atoms with Crippen molar-refractivity contribution in [1.29, 1.82) is 0 Å². The number of aliphatic hydroxyl groups is 1. The lowest BCUT2D eigenvalue weighted by molar-refractivity contribution is 0.0463. The van der Waals surface area contributed by atoms with E-state index in [1.54, 1.807) is 6.26 Å². The van der Waals surface area contributed by atoms with E-state index in [0.29, 0.717) is 18.7 Å². The molecule has 1 fully saturated rings. The van der Waals surface area contributed by atoms with Crippen LogP contribution in [0.1, 0.15) is 34.9 Å². The number of hydrogen-bond donors (Lipinski definition) is 1. The highest BCUT2D eigenvalue weighted by Crippen LogP contribution is 2.31. The number of para-hydroxylation sites is 1. The summed E-state index contributed by atoms with van der Waals surface area (Å²) in [5.41, 5.74) is 2.31. The van der Waals surface area contributed by atoms with Gasteiger partial charge in [-0.3, -0.25) is 4.79 Å². The van der Waals surface area contributed by atoms with Crippen LogP contribution in [0.2, 0.25) is 0 Å². The van der Waals surface area contributed by atoms with E-state index in [1.165, 1.54) is 0 Å². The SMILES string of the molecule is O=C(c1coc2ccccc12)N1CCC(C(O)c2ccccc2)CC1. The van der Waals surface area contributed by atoms with Crippen molar-refractivity contribution < 1.29 is 14.3 Å². The molecule has 1 aliphatic heterocycles. The van der Waals surface area contributed by atoms with Crippen LogP contribution in [-0.2, 0) is 0 Å². The van der Waals surface area contributed by atoms with Crippen molar-refractivity contribution in [2.45, 2.75) is 18.9 Å². The Labute approximate surface area is 146 Å². The standard InChI is InChI=1S/C21H21NO3/c23-20(15-6-2-1-3-7-15)16-10-12-22(13-11-16)21(24)18-14-25-19-9-5-4-8-17(18)19/h1-9,14,16,20,23H,10-13H2. The van der Waals surface area contributed by atoms with Crippen LogP contribution in [0.3, 0.4) is 0 Å². The number of piperidine rings is 1. The molecule has 25 heavy (non-hydrogen) atoms. The number of carbonyl (C=O) groups is 1. The summed E-state index contributed by atoms with van der Waals surface area (Å²) in [5.74, 6) is 0.199. The first-order chi connectivity index (χ1) is 12.2. The Balaban J connectivity index is 1.44. The molecule has 0 aliphatic carbocycles. The van der Waals surface area contributed by atoms with Gasteiger partial charge in [0.1, 0.15) is 11.8 Å². The molecule has 4 nitrogen and oxygen atoms in total. The predicted molar refractivity (Wildman–Crippen MR) is 96.2 cm³/mol. The Hall–Kier alpha value is -2.59. The molecule has 0 radical (unpaired) electrons. The van der Waals surface area contributed by atoms with Gasteiger partial charge in [0.15, 0.2) is 0 Å². The number of furan rings is 1. The summed E-state index contributed by atoms with van der Waals surface area (Å²) in [6.45, 7) is 1.32.